The van der Waals surface area contributed by atoms with Crippen molar-refractivity contribution in [1.82, 2.24) is 21.3 Å². The molecule has 0 aliphatic heterocycles. The van der Waals surface area contributed by atoms with E-state index in [1.54, 1.807) is 25.3 Å². The number of ketones is 2. The first kappa shape index (κ1) is 49.8. The Morgan fingerprint density at radius 2 is 1.38 bits per heavy atom. The molecule has 3 aromatic rings. The molecule has 0 spiro atoms. The summed E-state index contributed by atoms with van der Waals surface area (Å²) in [6.45, 7) is 10.9. The maximum absolute atomic E-state index is 15.4. The van der Waals surface area contributed by atoms with Crippen molar-refractivity contribution in [1.29, 1.82) is 0 Å². The Hall–Kier alpha value is -6.25. The zero-order valence-corrected chi connectivity index (χ0v) is 38.1. The van der Waals surface area contributed by atoms with Gasteiger partial charge >= 0.3 is 18.0 Å². The molecule has 65 heavy (non-hydrogen) atoms. The largest absolute Gasteiger partial charge is 0.481 e. The predicted molar refractivity (Wildman–Crippen MR) is 246 cm³/mol. The Morgan fingerprint density at radius 1 is 0.785 bits per heavy atom. The molecule has 5 rings (SSSR count). The summed E-state index contributed by atoms with van der Waals surface area (Å²) in [5.41, 5.74) is 1.79. The number of carboxylic acids is 2. The molecule has 0 fully saturated rings. The van der Waals surface area contributed by atoms with Crippen LogP contribution in [-0.2, 0) is 39.9 Å². The number of carboxylic acid groups (broad SMARTS) is 2. The zero-order valence-electron chi connectivity index (χ0n) is 38.1. The second-order valence-corrected chi connectivity index (χ2v) is 18.8. The van der Waals surface area contributed by atoms with Gasteiger partial charge in [0.1, 0.15) is 12.6 Å². The first-order chi connectivity index (χ1) is 30.7. The standard InChI is InChI=1S/C51H61N4O10/c1-49(2,3)51(46(62)41(52-7)26-31-16-9-8-10-17-31)25-15-22-37(45(61)40(23-24-43(57)58)55-50(4,5)6)39(51)27-32(29-56)53-47(63)42(28-44(59)60)54-48(64)65-30-38-35-20-13-11-18-33(35)34-19-12-14-21-36(34)38/h8-22,25,32,38-42,52,55H,23-24,26-28,30H2,1-7H3,(H,53,63)(H,54,64)(H,57,58)(H,59,60)/t32-,39?,40-,41-,42-,51?/m0/s1. The van der Waals surface area contributed by atoms with Crippen LogP contribution >= 0.6 is 0 Å². The molecule has 1 radical (unpaired) electrons. The van der Waals surface area contributed by atoms with E-state index in [2.05, 4.69) is 21.3 Å². The van der Waals surface area contributed by atoms with E-state index >= 15 is 4.79 Å². The van der Waals surface area contributed by atoms with Gasteiger partial charge in [-0.3, -0.25) is 28.8 Å². The molecule has 0 aromatic heterocycles. The van der Waals surface area contributed by atoms with Crippen molar-refractivity contribution in [3.8, 4) is 11.1 Å². The molecule has 14 heteroatoms. The van der Waals surface area contributed by atoms with Gasteiger partial charge in [0, 0.05) is 29.4 Å². The van der Waals surface area contributed by atoms with Crippen LogP contribution in [0.5, 0.6) is 0 Å². The van der Waals surface area contributed by atoms with Crippen LogP contribution < -0.4 is 21.3 Å². The summed E-state index contributed by atoms with van der Waals surface area (Å²) in [6, 6.07) is 19.8. The van der Waals surface area contributed by atoms with Gasteiger partial charge in [0.2, 0.25) is 12.2 Å². The molecular formula is C51H61N4O10. The lowest BCUT2D eigenvalue weighted by molar-refractivity contribution is -0.140. The summed E-state index contributed by atoms with van der Waals surface area (Å²) in [6.07, 6.45) is 4.36. The van der Waals surface area contributed by atoms with E-state index in [1.807, 2.05) is 127 Å². The Labute approximate surface area is 380 Å². The highest BCUT2D eigenvalue weighted by Crippen LogP contribution is 2.54. The molecule has 2 amide bonds. The number of allylic oxidation sites excluding steroid dienone is 3. The Balaban J connectivity index is 1.47. The number of alkyl carbamates (subject to hydrolysis) is 1. The average Bonchev–Trinajstić information content (AvgIpc) is 3.57. The quantitative estimate of drug-likeness (QED) is 0.0717. The lowest BCUT2D eigenvalue weighted by Crippen LogP contribution is -2.59. The summed E-state index contributed by atoms with van der Waals surface area (Å²) in [5, 5.41) is 30.8. The number of amides is 2. The highest BCUT2D eigenvalue weighted by Gasteiger charge is 2.57. The second kappa shape index (κ2) is 21.2. The van der Waals surface area contributed by atoms with Crippen LogP contribution in [0.25, 0.3) is 11.1 Å². The molecular weight excluding hydrogens is 829 g/mol. The fraction of sp³-hybridized carbons (Fsp3) is 0.431. The number of nitrogens with one attached hydrogen (secondary N) is 4. The molecule has 6 atom stereocenters. The molecule has 6 N–H and O–H groups in total. The minimum Gasteiger partial charge on any atom is -0.481 e. The number of likely N-dealkylation sites (N-methyl/N-ethyl adjacent to an activating group) is 1. The third-order valence-electron chi connectivity index (χ3n) is 12.3. The van der Waals surface area contributed by atoms with Gasteiger partial charge in [0.05, 0.1) is 30.0 Å². The van der Waals surface area contributed by atoms with E-state index in [-0.39, 0.29) is 49.6 Å². The van der Waals surface area contributed by atoms with Crippen LogP contribution in [0.2, 0.25) is 0 Å². The fourth-order valence-electron chi connectivity index (χ4n) is 9.28. The third kappa shape index (κ3) is 11.9. The first-order valence-electron chi connectivity index (χ1n) is 21.9. The lowest BCUT2D eigenvalue weighted by atomic mass is 9.51. The van der Waals surface area contributed by atoms with Crippen LogP contribution in [-0.4, -0.2) is 95.4 Å². The molecule has 0 bridgehead atoms. The summed E-state index contributed by atoms with van der Waals surface area (Å²) in [7, 11) is 1.66. The van der Waals surface area contributed by atoms with Crippen LogP contribution in [0.1, 0.15) is 89.8 Å². The van der Waals surface area contributed by atoms with Gasteiger partial charge in [0.25, 0.3) is 0 Å². The van der Waals surface area contributed by atoms with E-state index in [0.717, 1.165) is 27.8 Å². The number of ether oxygens (including phenoxy) is 1. The van der Waals surface area contributed by atoms with Crippen LogP contribution in [0, 0.1) is 16.7 Å². The van der Waals surface area contributed by atoms with Crippen molar-refractivity contribution in [2.75, 3.05) is 13.7 Å². The molecule has 2 unspecified atom stereocenters. The lowest BCUT2D eigenvalue weighted by Gasteiger charge is -2.51. The van der Waals surface area contributed by atoms with E-state index in [9.17, 15) is 39.0 Å². The highest BCUT2D eigenvalue weighted by molar-refractivity contribution is 6.03. The summed E-state index contributed by atoms with van der Waals surface area (Å²) in [4.78, 5) is 94.5. The maximum atomic E-state index is 15.4. The van der Waals surface area contributed by atoms with Crippen molar-refractivity contribution in [3.63, 3.8) is 0 Å². The SMILES string of the molecule is CN[C@@H](Cc1ccccc1)C(=O)C1(C(C)(C)C)C=CC=C(C(=O)[C@H](CCC(=O)O)NC(C)(C)C)C1C[C@@H]([C]=O)NC(=O)[C@H](CC(=O)O)NC(=O)OCC1c2ccccc2-c2ccccc21. The molecule has 0 heterocycles. The number of carbonyl (C=O) groups is 6. The first-order valence-corrected chi connectivity index (χ1v) is 21.9. The van der Waals surface area contributed by atoms with Crippen molar-refractivity contribution in [3.05, 3.63) is 119 Å². The Kier molecular flexibility index (Phi) is 16.2. The molecule has 14 nitrogen and oxygen atoms in total. The molecule has 0 saturated carbocycles. The topological polar surface area (TPSA) is 217 Å². The van der Waals surface area contributed by atoms with E-state index in [4.69, 9.17) is 4.74 Å². The third-order valence-corrected chi connectivity index (χ3v) is 12.3. The number of fused-ring (bicyclic) bond motifs is 3. The van der Waals surface area contributed by atoms with Gasteiger partial charge < -0.3 is 36.2 Å². The number of rotatable bonds is 21. The summed E-state index contributed by atoms with van der Waals surface area (Å²) >= 11 is 0. The number of carbonyl (C=O) groups excluding carboxylic acids is 5. The summed E-state index contributed by atoms with van der Waals surface area (Å²) in [5.74, 6) is -5.76. The van der Waals surface area contributed by atoms with Crippen LogP contribution in [0.4, 0.5) is 4.79 Å². The minimum absolute atomic E-state index is 0.0821. The normalized spacial score (nSPS) is 18.8. The number of Topliss-reactive ketones (excluding diaryl/α,β-unsaturated/α-hetero) is 2. The second-order valence-electron chi connectivity index (χ2n) is 18.8. The number of hydrogen-bond donors (Lipinski definition) is 6. The summed E-state index contributed by atoms with van der Waals surface area (Å²) < 4.78 is 5.61. The van der Waals surface area contributed by atoms with Crippen molar-refractivity contribution in [2.24, 2.45) is 16.7 Å². The van der Waals surface area contributed by atoms with Crippen molar-refractivity contribution >= 4 is 41.8 Å². The number of aliphatic carboxylic acids is 2. The highest BCUT2D eigenvalue weighted by atomic mass is 16.5. The van der Waals surface area contributed by atoms with Gasteiger partial charge in [-0.25, -0.2) is 4.79 Å². The Bertz CT molecular complexity index is 2260. The van der Waals surface area contributed by atoms with Gasteiger partial charge in [-0.2, -0.15) is 0 Å². The Morgan fingerprint density at radius 3 is 1.92 bits per heavy atom. The monoisotopic (exact) mass is 889 g/mol. The van der Waals surface area contributed by atoms with Gasteiger partial charge in [-0.1, -0.05) is 118 Å². The zero-order chi connectivity index (χ0) is 47.7. The van der Waals surface area contributed by atoms with Gasteiger partial charge in [-0.05, 0) is 80.3 Å². The molecule has 2 aliphatic rings. The fourth-order valence-corrected chi connectivity index (χ4v) is 9.28. The minimum atomic E-state index is -1.70. The van der Waals surface area contributed by atoms with Crippen molar-refractivity contribution in [2.45, 2.75) is 109 Å². The predicted octanol–water partition coefficient (Wildman–Crippen LogP) is 6.09. The van der Waals surface area contributed by atoms with Gasteiger partial charge in [-0.15, -0.1) is 0 Å². The van der Waals surface area contributed by atoms with E-state index < -0.39 is 82.6 Å². The molecule has 2 aliphatic carbocycles. The molecule has 0 saturated heterocycles. The number of hydrogen-bond acceptors (Lipinski definition) is 10. The molecule has 345 valence electrons. The van der Waals surface area contributed by atoms with Crippen LogP contribution in [0.3, 0.4) is 0 Å². The van der Waals surface area contributed by atoms with Crippen LogP contribution in [0.15, 0.2) is 103 Å². The molecule has 3 aromatic carbocycles. The average molecular weight is 890 g/mol. The van der Waals surface area contributed by atoms with E-state index in [1.165, 1.54) is 0 Å². The van der Waals surface area contributed by atoms with Crippen molar-refractivity contribution < 1.29 is 48.5 Å². The maximum Gasteiger partial charge on any atom is 0.407 e. The number of benzene rings is 3. The smallest absolute Gasteiger partial charge is 0.407 e. The van der Waals surface area contributed by atoms with Gasteiger partial charge in [0.15, 0.2) is 11.6 Å². The van der Waals surface area contributed by atoms with E-state index in [0.29, 0.717) is 0 Å².